The quantitative estimate of drug-likeness (QED) is 0.814. The lowest BCUT2D eigenvalue weighted by Crippen LogP contribution is -2.33. The SMILES string of the molecule is Cl.O=S(=O)(NCCC1CCCNC1)c1ccccc1-c1ccno1. The van der Waals surface area contributed by atoms with E-state index in [4.69, 9.17) is 4.52 Å². The summed E-state index contributed by atoms with van der Waals surface area (Å²) in [4.78, 5) is 0.221. The predicted octanol–water partition coefficient (Wildman–Crippen LogP) is 2.43. The summed E-state index contributed by atoms with van der Waals surface area (Å²) in [5.74, 6) is 0.985. The molecule has 1 aliphatic heterocycles. The van der Waals surface area contributed by atoms with E-state index in [9.17, 15) is 8.42 Å². The molecule has 0 saturated carbocycles. The van der Waals surface area contributed by atoms with Gasteiger partial charge in [-0.3, -0.25) is 0 Å². The molecule has 1 saturated heterocycles. The third-order valence-electron chi connectivity index (χ3n) is 4.12. The minimum absolute atomic E-state index is 0. The van der Waals surface area contributed by atoms with Crippen LogP contribution in [0.2, 0.25) is 0 Å². The molecule has 3 rings (SSSR count). The zero-order valence-electron chi connectivity index (χ0n) is 13.3. The summed E-state index contributed by atoms with van der Waals surface area (Å²) in [5.41, 5.74) is 0.525. The summed E-state index contributed by atoms with van der Waals surface area (Å²) in [7, 11) is -3.58. The Morgan fingerprint density at radius 2 is 2.12 bits per heavy atom. The van der Waals surface area contributed by atoms with Gasteiger partial charge in [-0.2, -0.15) is 0 Å². The van der Waals surface area contributed by atoms with Crippen molar-refractivity contribution in [1.29, 1.82) is 0 Å². The second-order valence-electron chi connectivity index (χ2n) is 5.77. The average molecular weight is 372 g/mol. The molecule has 1 unspecified atom stereocenters. The van der Waals surface area contributed by atoms with E-state index in [-0.39, 0.29) is 17.3 Å². The molecule has 0 bridgehead atoms. The first kappa shape index (κ1) is 18.9. The first-order valence-electron chi connectivity index (χ1n) is 7.87. The molecule has 0 radical (unpaired) electrons. The van der Waals surface area contributed by atoms with E-state index in [0.29, 0.717) is 23.8 Å². The van der Waals surface area contributed by atoms with Crippen LogP contribution in [0.5, 0.6) is 0 Å². The Morgan fingerprint density at radius 3 is 2.83 bits per heavy atom. The van der Waals surface area contributed by atoms with Crippen molar-refractivity contribution in [3.63, 3.8) is 0 Å². The maximum atomic E-state index is 12.6. The van der Waals surface area contributed by atoms with Crippen LogP contribution in [0.4, 0.5) is 0 Å². The van der Waals surface area contributed by atoms with Crippen molar-refractivity contribution in [2.75, 3.05) is 19.6 Å². The number of rotatable bonds is 6. The molecule has 24 heavy (non-hydrogen) atoms. The summed E-state index contributed by atoms with van der Waals surface area (Å²) < 4.78 is 33.0. The van der Waals surface area contributed by atoms with Crippen LogP contribution < -0.4 is 10.0 Å². The molecule has 0 amide bonds. The third-order valence-corrected chi connectivity index (χ3v) is 5.64. The van der Waals surface area contributed by atoms with E-state index in [0.717, 1.165) is 32.4 Å². The molecule has 1 aromatic heterocycles. The van der Waals surface area contributed by atoms with Gasteiger partial charge in [0.05, 0.1) is 11.1 Å². The molecule has 1 fully saturated rings. The Balaban J connectivity index is 0.00000208. The van der Waals surface area contributed by atoms with Gasteiger partial charge in [-0.05, 0) is 50.4 Å². The lowest BCUT2D eigenvalue weighted by atomic mass is 9.96. The van der Waals surface area contributed by atoms with Crippen LogP contribution in [0.3, 0.4) is 0 Å². The maximum absolute atomic E-state index is 12.6. The molecule has 1 aliphatic rings. The largest absolute Gasteiger partial charge is 0.356 e. The molecule has 132 valence electrons. The second-order valence-corrected chi connectivity index (χ2v) is 7.51. The lowest BCUT2D eigenvalue weighted by molar-refractivity contribution is 0.358. The molecule has 8 heteroatoms. The fourth-order valence-corrected chi connectivity index (χ4v) is 4.16. The number of halogens is 1. The summed E-state index contributed by atoms with van der Waals surface area (Å²) in [6.45, 7) is 2.47. The molecule has 2 heterocycles. The highest BCUT2D eigenvalue weighted by Gasteiger charge is 2.21. The highest BCUT2D eigenvalue weighted by molar-refractivity contribution is 7.89. The molecule has 1 aromatic carbocycles. The van der Waals surface area contributed by atoms with Crippen molar-refractivity contribution in [2.45, 2.75) is 24.2 Å². The van der Waals surface area contributed by atoms with Gasteiger partial charge in [0.1, 0.15) is 0 Å². The Kier molecular flexibility index (Phi) is 6.79. The van der Waals surface area contributed by atoms with Crippen molar-refractivity contribution in [1.82, 2.24) is 15.2 Å². The minimum Gasteiger partial charge on any atom is -0.356 e. The molecule has 1 atom stereocenters. The first-order chi connectivity index (χ1) is 11.2. The standard InChI is InChI=1S/C16H21N3O3S.ClH/c20-23(21,19-11-7-13-4-3-9-17-12-13)16-6-2-1-5-14(16)15-8-10-18-22-15;/h1-2,5-6,8,10,13,17,19H,3-4,7,9,11-12H2;1H. The van der Waals surface area contributed by atoms with Gasteiger partial charge in [0.15, 0.2) is 5.76 Å². The number of hydrogen-bond donors (Lipinski definition) is 2. The zero-order valence-corrected chi connectivity index (χ0v) is 14.9. The number of benzene rings is 1. The Hall–Kier alpha value is -1.41. The zero-order chi connectivity index (χ0) is 16.1. The minimum atomic E-state index is -3.58. The number of nitrogens with one attached hydrogen (secondary N) is 2. The van der Waals surface area contributed by atoms with E-state index in [1.165, 1.54) is 6.20 Å². The van der Waals surface area contributed by atoms with Crippen molar-refractivity contribution in [2.24, 2.45) is 5.92 Å². The predicted molar refractivity (Wildman–Crippen MR) is 94.6 cm³/mol. The van der Waals surface area contributed by atoms with Crippen LogP contribution in [0.25, 0.3) is 11.3 Å². The van der Waals surface area contributed by atoms with Crippen LogP contribution in [0.1, 0.15) is 19.3 Å². The van der Waals surface area contributed by atoms with Gasteiger partial charge in [-0.25, -0.2) is 13.1 Å². The van der Waals surface area contributed by atoms with Gasteiger partial charge in [0.2, 0.25) is 10.0 Å². The third kappa shape index (κ3) is 4.57. The van der Waals surface area contributed by atoms with Gasteiger partial charge < -0.3 is 9.84 Å². The molecule has 0 aliphatic carbocycles. The fraction of sp³-hybridized carbons (Fsp3) is 0.438. The van der Waals surface area contributed by atoms with Crippen molar-refractivity contribution >= 4 is 22.4 Å². The average Bonchev–Trinajstić information content (AvgIpc) is 3.10. The van der Waals surface area contributed by atoms with Crippen LogP contribution in [-0.2, 0) is 10.0 Å². The Labute approximate surface area is 148 Å². The van der Waals surface area contributed by atoms with E-state index in [1.807, 2.05) is 0 Å². The topological polar surface area (TPSA) is 84.2 Å². The monoisotopic (exact) mass is 371 g/mol. The van der Waals surface area contributed by atoms with Gasteiger partial charge in [0, 0.05) is 18.2 Å². The Bertz CT molecular complexity index is 729. The molecular weight excluding hydrogens is 350 g/mol. The normalized spacial score (nSPS) is 18.1. The van der Waals surface area contributed by atoms with E-state index < -0.39 is 10.0 Å². The number of hydrogen-bond acceptors (Lipinski definition) is 5. The van der Waals surface area contributed by atoms with Gasteiger partial charge in [-0.1, -0.05) is 17.3 Å². The highest BCUT2D eigenvalue weighted by atomic mass is 35.5. The smallest absolute Gasteiger partial charge is 0.241 e. The van der Waals surface area contributed by atoms with Gasteiger partial charge in [0.25, 0.3) is 0 Å². The van der Waals surface area contributed by atoms with E-state index in [2.05, 4.69) is 15.2 Å². The van der Waals surface area contributed by atoms with Crippen molar-refractivity contribution in [3.05, 3.63) is 36.5 Å². The molecule has 6 nitrogen and oxygen atoms in total. The van der Waals surface area contributed by atoms with Crippen LogP contribution in [0, 0.1) is 5.92 Å². The van der Waals surface area contributed by atoms with Crippen molar-refractivity contribution < 1.29 is 12.9 Å². The second kappa shape index (κ2) is 8.62. The lowest BCUT2D eigenvalue weighted by Gasteiger charge is -2.22. The van der Waals surface area contributed by atoms with Crippen LogP contribution in [-0.4, -0.2) is 33.2 Å². The van der Waals surface area contributed by atoms with Gasteiger partial charge >= 0.3 is 0 Å². The summed E-state index contributed by atoms with van der Waals surface area (Å²) in [6, 6.07) is 8.45. The summed E-state index contributed by atoms with van der Waals surface area (Å²) in [5, 5.41) is 6.99. The van der Waals surface area contributed by atoms with E-state index >= 15 is 0 Å². The number of sulfonamides is 1. The highest BCUT2D eigenvalue weighted by Crippen LogP contribution is 2.26. The van der Waals surface area contributed by atoms with Crippen LogP contribution >= 0.6 is 12.4 Å². The number of nitrogens with zero attached hydrogens (tertiary/aromatic N) is 1. The van der Waals surface area contributed by atoms with Crippen LogP contribution in [0.15, 0.2) is 45.9 Å². The number of piperidine rings is 1. The Morgan fingerprint density at radius 1 is 1.29 bits per heavy atom. The van der Waals surface area contributed by atoms with Crippen molar-refractivity contribution in [3.8, 4) is 11.3 Å². The first-order valence-corrected chi connectivity index (χ1v) is 9.35. The molecule has 0 spiro atoms. The van der Waals surface area contributed by atoms with E-state index in [1.54, 1.807) is 30.3 Å². The van der Waals surface area contributed by atoms with Gasteiger partial charge in [-0.15, -0.1) is 12.4 Å². The summed E-state index contributed by atoms with van der Waals surface area (Å²) >= 11 is 0. The fourth-order valence-electron chi connectivity index (χ4n) is 2.90. The maximum Gasteiger partial charge on any atom is 0.241 e. The summed E-state index contributed by atoms with van der Waals surface area (Å²) in [6.07, 6.45) is 4.66. The molecule has 2 N–H and O–H groups in total. The number of aromatic nitrogens is 1. The molecule has 2 aromatic rings. The molecular formula is C16H22ClN3O3S.